The predicted octanol–water partition coefficient (Wildman–Crippen LogP) is 1.79. The van der Waals surface area contributed by atoms with E-state index in [1.54, 1.807) is 6.08 Å². The maximum absolute atomic E-state index is 11.2. The molecule has 0 aromatic heterocycles. The number of hydrogen-bond donors (Lipinski definition) is 2. The summed E-state index contributed by atoms with van der Waals surface area (Å²) >= 11 is 0. The third kappa shape index (κ3) is 9.22. The first kappa shape index (κ1) is 13.9. The highest BCUT2D eigenvalue weighted by atomic mass is 16.3. The van der Waals surface area contributed by atoms with E-state index in [0.29, 0.717) is 6.54 Å². The molecule has 0 saturated carbocycles. The molecule has 86 valence electrons. The topological polar surface area (TPSA) is 49.3 Å². The quantitative estimate of drug-likeness (QED) is 0.520. The summed E-state index contributed by atoms with van der Waals surface area (Å²) < 4.78 is 0. The van der Waals surface area contributed by atoms with Crippen LogP contribution in [0.25, 0.3) is 0 Å². The lowest BCUT2D eigenvalue weighted by Crippen LogP contribution is -2.24. The van der Waals surface area contributed by atoms with Crippen molar-refractivity contribution in [3.63, 3.8) is 0 Å². The van der Waals surface area contributed by atoms with Crippen molar-refractivity contribution in [2.75, 3.05) is 13.2 Å². The third-order valence-electron chi connectivity index (χ3n) is 1.88. The Bertz CT molecular complexity index is 250. The number of hydrogen-bond acceptors (Lipinski definition) is 2. The maximum atomic E-state index is 11.2. The van der Waals surface area contributed by atoms with Crippen LogP contribution >= 0.6 is 0 Å². The van der Waals surface area contributed by atoms with Gasteiger partial charge >= 0.3 is 0 Å². The minimum Gasteiger partial charge on any atom is -0.395 e. The lowest BCUT2D eigenvalue weighted by molar-refractivity contribution is -0.116. The molecular weight excluding hydrogens is 190 g/mol. The maximum Gasteiger partial charge on any atom is 0.244 e. The van der Waals surface area contributed by atoms with Gasteiger partial charge in [-0.05, 0) is 33.6 Å². The van der Waals surface area contributed by atoms with Gasteiger partial charge < -0.3 is 10.4 Å². The minimum absolute atomic E-state index is 0.0175. The molecule has 0 aliphatic heterocycles. The highest BCUT2D eigenvalue weighted by Crippen LogP contribution is 2.05. The Morgan fingerprint density at radius 3 is 2.53 bits per heavy atom. The summed E-state index contributed by atoms with van der Waals surface area (Å²) in [4.78, 5) is 11.2. The molecular formula is C12H21NO2. The van der Waals surface area contributed by atoms with Gasteiger partial charge in [-0.1, -0.05) is 17.2 Å². The van der Waals surface area contributed by atoms with Crippen LogP contribution in [0.5, 0.6) is 0 Å². The SMILES string of the molecule is CC(C)=CCC/C(C)=C/C(=O)NCCO. The Morgan fingerprint density at radius 1 is 1.33 bits per heavy atom. The van der Waals surface area contributed by atoms with E-state index in [0.717, 1.165) is 18.4 Å². The second-order valence-corrected chi connectivity index (χ2v) is 3.83. The summed E-state index contributed by atoms with van der Waals surface area (Å²) in [5.41, 5.74) is 2.36. The predicted molar refractivity (Wildman–Crippen MR) is 62.5 cm³/mol. The molecule has 0 aromatic rings. The van der Waals surface area contributed by atoms with Crippen LogP contribution < -0.4 is 5.32 Å². The number of aliphatic hydroxyl groups excluding tert-OH is 1. The molecule has 0 radical (unpaired) electrons. The molecule has 0 rings (SSSR count). The van der Waals surface area contributed by atoms with Gasteiger partial charge in [-0.3, -0.25) is 4.79 Å². The number of allylic oxidation sites excluding steroid dienone is 3. The van der Waals surface area contributed by atoms with Crippen molar-refractivity contribution in [2.45, 2.75) is 33.6 Å². The lowest BCUT2D eigenvalue weighted by Gasteiger charge is -2.01. The summed E-state index contributed by atoms with van der Waals surface area (Å²) in [5, 5.41) is 11.1. The van der Waals surface area contributed by atoms with Crippen LogP contribution in [-0.4, -0.2) is 24.2 Å². The summed E-state index contributed by atoms with van der Waals surface area (Å²) in [5.74, 6) is -0.126. The van der Waals surface area contributed by atoms with E-state index in [9.17, 15) is 4.79 Å². The molecule has 0 fully saturated rings. The second-order valence-electron chi connectivity index (χ2n) is 3.83. The van der Waals surface area contributed by atoms with Crippen molar-refractivity contribution in [3.8, 4) is 0 Å². The Kier molecular flexibility index (Phi) is 7.64. The fourth-order valence-electron chi connectivity index (χ4n) is 1.11. The lowest BCUT2D eigenvalue weighted by atomic mass is 10.1. The molecule has 3 nitrogen and oxygen atoms in total. The van der Waals surface area contributed by atoms with Crippen molar-refractivity contribution in [1.82, 2.24) is 5.32 Å². The van der Waals surface area contributed by atoms with Gasteiger partial charge in [-0.15, -0.1) is 0 Å². The number of aliphatic hydroxyl groups is 1. The average molecular weight is 211 g/mol. The first-order chi connectivity index (χ1) is 7.06. The Hall–Kier alpha value is -1.09. The summed E-state index contributed by atoms with van der Waals surface area (Å²) in [7, 11) is 0. The monoisotopic (exact) mass is 211 g/mol. The number of carbonyl (C=O) groups is 1. The van der Waals surface area contributed by atoms with E-state index in [4.69, 9.17) is 5.11 Å². The molecule has 2 N–H and O–H groups in total. The van der Waals surface area contributed by atoms with Crippen LogP contribution in [0.1, 0.15) is 33.6 Å². The van der Waals surface area contributed by atoms with E-state index in [1.165, 1.54) is 5.57 Å². The molecule has 0 heterocycles. The molecule has 0 saturated heterocycles. The number of carbonyl (C=O) groups excluding carboxylic acids is 1. The van der Waals surface area contributed by atoms with Crippen molar-refractivity contribution in [1.29, 1.82) is 0 Å². The van der Waals surface area contributed by atoms with Gasteiger partial charge in [-0.25, -0.2) is 0 Å². The number of rotatable bonds is 6. The van der Waals surface area contributed by atoms with Crippen LogP contribution in [0, 0.1) is 0 Å². The zero-order chi connectivity index (χ0) is 11.7. The highest BCUT2D eigenvalue weighted by molar-refractivity contribution is 5.88. The van der Waals surface area contributed by atoms with Crippen LogP contribution in [0.15, 0.2) is 23.3 Å². The molecule has 3 heteroatoms. The van der Waals surface area contributed by atoms with Gasteiger partial charge in [0.2, 0.25) is 5.91 Å². The Morgan fingerprint density at radius 2 is 2.00 bits per heavy atom. The van der Waals surface area contributed by atoms with Gasteiger partial charge in [0, 0.05) is 12.6 Å². The number of nitrogens with one attached hydrogen (secondary N) is 1. The van der Waals surface area contributed by atoms with E-state index >= 15 is 0 Å². The fourth-order valence-corrected chi connectivity index (χ4v) is 1.11. The molecule has 15 heavy (non-hydrogen) atoms. The molecule has 0 aliphatic rings. The third-order valence-corrected chi connectivity index (χ3v) is 1.88. The molecule has 1 amide bonds. The van der Waals surface area contributed by atoms with Crippen molar-refractivity contribution in [2.24, 2.45) is 0 Å². The normalized spacial score (nSPS) is 11.1. The standard InChI is InChI=1S/C12H21NO2/c1-10(2)5-4-6-11(3)9-12(15)13-7-8-14/h5,9,14H,4,6-8H2,1-3H3,(H,13,15)/b11-9+. The van der Waals surface area contributed by atoms with Crippen LogP contribution in [0.4, 0.5) is 0 Å². The average Bonchev–Trinajstić information content (AvgIpc) is 2.14. The summed E-state index contributed by atoms with van der Waals surface area (Å²) in [6.07, 6.45) is 5.62. The zero-order valence-corrected chi connectivity index (χ0v) is 9.84. The van der Waals surface area contributed by atoms with Crippen LogP contribution in [0.2, 0.25) is 0 Å². The summed E-state index contributed by atoms with van der Waals surface area (Å²) in [6, 6.07) is 0. The largest absolute Gasteiger partial charge is 0.395 e. The second kappa shape index (κ2) is 8.24. The first-order valence-electron chi connectivity index (χ1n) is 5.25. The zero-order valence-electron chi connectivity index (χ0n) is 9.84. The smallest absolute Gasteiger partial charge is 0.244 e. The van der Waals surface area contributed by atoms with Gasteiger partial charge in [0.25, 0.3) is 0 Å². The van der Waals surface area contributed by atoms with E-state index in [1.807, 2.05) is 6.92 Å². The highest BCUT2D eigenvalue weighted by Gasteiger charge is 1.96. The number of amides is 1. The van der Waals surface area contributed by atoms with E-state index in [2.05, 4.69) is 25.2 Å². The molecule has 0 atom stereocenters. The van der Waals surface area contributed by atoms with E-state index < -0.39 is 0 Å². The summed E-state index contributed by atoms with van der Waals surface area (Å²) in [6.45, 7) is 6.37. The van der Waals surface area contributed by atoms with Gasteiger partial charge in [0.1, 0.15) is 0 Å². The minimum atomic E-state index is -0.126. The Balaban J connectivity index is 3.87. The van der Waals surface area contributed by atoms with Crippen molar-refractivity contribution >= 4 is 5.91 Å². The van der Waals surface area contributed by atoms with Gasteiger partial charge in [0.15, 0.2) is 0 Å². The van der Waals surface area contributed by atoms with Crippen molar-refractivity contribution < 1.29 is 9.90 Å². The molecule has 0 unspecified atom stereocenters. The fraction of sp³-hybridized carbons (Fsp3) is 0.583. The van der Waals surface area contributed by atoms with Crippen LogP contribution in [0.3, 0.4) is 0 Å². The van der Waals surface area contributed by atoms with Crippen molar-refractivity contribution in [3.05, 3.63) is 23.3 Å². The van der Waals surface area contributed by atoms with Crippen LogP contribution in [-0.2, 0) is 4.79 Å². The first-order valence-corrected chi connectivity index (χ1v) is 5.25. The van der Waals surface area contributed by atoms with E-state index in [-0.39, 0.29) is 12.5 Å². The molecule has 0 aliphatic carbocycles. The van der Waals surface area contributed by atoms with Gasteiger partial charge in [0.05, 0.1) is 6.61 Å². The molecule has 0 bridgehead atoms. The molecule has 0 aromatic carbocycles. The molecule has 0 spiro atoms. The Labute approximate surface area is 91.9 Å². The van der Waals surface area contributed by atoms with Gasteiger partial charge in [-0.2, -0.15) is 0 Å².